The smallest absolute Gasteiger partial charge is 0.331 e. The maximum atomic E-state index is 12.0. The molecule has 0 fully saturated rings. The van der Waals surface area contributed by atoms with E-state index in [0.717, 1.165) is 22.3 Å². The third-order valence-electron chi connectivity index (χ3n) is 3.97. The molecule has 0 saturated heterocycles. The molecule has 138 valence electrons. The Morgan fingerprint density at radius 2 is 1.62 bits per heavy atom. The normalized spacial score (nSPS) is 10.7. The van der Waals surface area contributed by atoms with Gasteiger partial charge in [0.25, 0.3) is 0 Å². The Hall–Kier alpha value is -2.95. The van der Waals surface area contributed by atoms with Gasteiger partial charge in [0, 0.05) is 6.08 Å². The zero-order valence-electron chi connectivity index (χ0n) is 15.8. The van der Waals surface area contributed by atoms with Crippen LogP contribution < -0.4 is 14.2 Å². The SMILES string of the molecule is COc1cc(/C=C/C(=O)OCc2cc(C)ccc2C)cc(OC)c1OC. The van der Waals surface area contributed by atoms with Gasteiger partial charge in [-0.1, -0.05) is 23.8 Å². The van der Waals surface area contributed by atoms with Crippen molar-refractivity contribution in [1.29, 1.82) is 0 Å². The van der Waals surface area contributed by atoms with Crippen molar-refractivity contribution in [1.82, 2.24) is 0 Å². The van der Waals surface area contributed by atoms with Crippen LogP contribution in [0.15, 0.2) is 36.4 Å². The second-order valence-electron chi connectivity index (χ2n) is 5.83. The molecule has 2 aromatic rings. The molecule has 0 saturated carbocycles. The van der Waals surface area contributed by atoms with Gasteiger partial charge >= 0.3 is 5.97 Å². The van der Waals surface area contributed by atoms with E-state index in [0.29, 0.717) is 17.2 Å². The van der Waals surface area contributed by atoms with Crippen molar-refractivity contribution >= 4 is 12.0 Å². The van der Waals surface area contributed by atoms with Crippen molar-refractivity contribution in [2.75, 3.05) is 21.3 Å². The van der Waals surface area contributed by atoms with E-state index in [-0.39, 0.29) is 6.61 Å². The van der Waals surface area contributed by atoms with Crippen LogP contribution in [0.2, 0.25) is 0 Å². The predicted octanol–water partition coefficient (Wildman–Crippen LogP) is 4.09. The zero-order chi connectivity index (χ0) is 19.1. The summed E-state index contributed by atoms with van der Waals surface area (Å²) in [6.45, 7) is 4.25. The molecular formula is C21H24O5. The summed E-state index contributed by atoms with van der Waals surface area (Å²) in [4.78, 5) is 12.0. The lowest BCUT2D eigenvalue weighted by Crippen LogP contribution is -2.02. The number of carbonyl (C=O) groups excluding carboxylic acids is 1. The van der Waals surface area contributed by atoms with Gasteiger partial charge in [-0.15, -0.1) is 0 Å². The van der Waals surface area contributed by atoms with Crippen molar-refractivity contribution in [3.8, 4) is 17.2 Å². The molecule has 0 aliphatic rings. The number of hydrogen-bond donors (Lipinski definition) is 0. The summed E-state index contributed by atoms with van der Waals surface area (Å²) in [7, 11) is 4.63. The lowest BCUT2D eigenvalue weighted by molar-refractivity contribution is -0.138. The molecule has 5 nitrogen and oxygen atoms in total. The minimum Gasteiger partial charge on any atom is -0.493 e. The van der Waals surface area contributed by atoms with Crippen molar-refractivity contribution < 1.29 is 23.7 Å². The van der Waals surface area contributed by atoms with Crippen molar-refractivity contribution in [2.45, 2.75) is 20.5 Å². The first-order valence-corrected chi connectivity index (χ1v) is 8.19. The number of benzene rings is 2. The molecule has 0 atom stereocenters. The average Bonchev–Trinajstić information content (AvgIpc) is 2.65. The Labute approximate surface area is 154 Å². The molecule has 0 aliphatic heterocycles. The summed E-state index contributed by atoms with van der Waals surface area (Å²) in [5.41, 5.74) is 3.97. The Morgan fingerprint density at radius 3 is 2.19 bits per heavy atom. The van der Waals surface area contributed by atoms with Gasteiger partial charge in [0.2, 0.25) is 5.75 Å². The van der Waals surface area contributed by atoms with Crippen LogP contribution >= 0.6 is 0 Å². The van der Waals surface area contributed by atoms with E-state index in [1.165, 1.54) is 6.08 Å². The van der Waals surface area contributed by atoms with Gasteiger partial charge in [-0.05, 0) is 48.7 Å². The third kappa shape index (κ3) is 4.79. The molecular weight excluding hydrogens is 332 g/mol. The molecule has 0 aliphatic carbocycles. The van der Waals surface area contributed by atoms with Crippen LogP contribution in [0.5, 0.6) is 17.2 Å². The molecule has 0 aromatic heterocycles. The molecule has 0 N–H and O–H groups in total. The molecule has 0 spiro atoms. The van der Waals surface area contributed by atoms with Gasteiger partial charge in [0.1, 0.15) is 6.61 Å². The maximum absolute atomic E-state index is 12.0. The van der Waals surface area contributed by atoms with Crippen LogP contribution in [0.1, 0.15) is 22.3 Å². The number of rotatable bonds is 7. The fourth-order valence-electron chi connectivity index (χ4n) is 2.51. The van der Waals surface area contributed by atoms with Gasteiger partial charge in [-0.2, -0.15) is 0 Å². The molecule has 5 heteroatoms. The average molecular weight is 356 g/mol. The first-order chi connectivity index (χ1) is 12.5. The van der Waals surface area contributed by atoms with Crippen LogP contribution in [-0.4, -0.2) is 27.3 Å². The van der Waals surface area contributed by atoms with Gasteiger partial charge < -0.3 is 18.9 Å². The Balaban J connectivity index is 2.09. The van der Waals surface area contributed by atoms with Gasteiger partial charge in [0.05, 0.1) is 21.3 Å². The lowest BCUT2D eigenvalue weighted by Gasteiger charge is -2.12. The second kappa shape index (κ2) is 8.94. The standard InChI is InChI=1S/C21H24O5/c1-14-6-7-15(2)17(10-14)13-26-20(22)9-8-16-11-18(23-3)21(25-5)19(12-16)24-4/h6-12H,13H2,1-5H3/b9-8+. The minimum absolute atomic E-state index is 0.242. The molecule has 0 amide bonds. The van der Waals surface area contributed by atoms with E-state index >= 15 is 0 Å². The van der Waals surface area contributed by atoms with Crippen LogP contribution in [-0.2, 0) is 16.1 Å². The van der Waals surface area contributed by atoms with E-state index in [1.54, 1.807) is 39.5 Å². The summed E-state index contributed by atoms with van der Waals surface area (Å²) in [5.74, 6) is 1.13. The van der Waals surface area contributed by atoms with Crippen LogP contribution in [0, 0.1) is 13.8 Å². The zero-order valence-corrected chi connectivity index (χ0v) is 15.8. The summed E-state index contributed by atoms with van der Waals surface area (Å²) < 4.78 is 21.2. The van der Waals surface area contributed by atoms with Crippen molar-refractivity contribution in [2.24, 2.45) is 0 Å². The fourth-order valence-corrected chi connectivity index (χ4v) is 2.51. The van der Waals surface area contributed by atoms with E-state index in [2.05, 4.69) is 0 Å². The summed E-state index contributed by atoms with van der Waals surface area (Å²) in [6, 6.07) is 9.59. The fraction of sp³-hybridized carbons (Fsp3) is 0.286. The summed E-state index contributed by atoms with van der Waals surface area (Å²) >= 11 is 0. The molecule has 0 heterocycles. The van der Waals surface area contributed by atoms with Gasteiger partial charge in [-0.25, -0.2) is 4.79 Å². The first kappa shape index (κ1) is 19.4. The third-order valence-corrected chi connectivity index (χ3v) is 3.97. The van der Waals surface area contributed by atoms with Crippen LogP contribution in [0.4, 0.5) is 0 Å². The van der Waals surface area contributed by atoms with Crippen molar-refractivity contribution in [3.63, 3.8) is 0 Å². The van der Waals surface area contributed by atoms with E-state index in [1.807, 2.05) is 32.0 Å². The van der Waals surface area contributed by atoms with Gasteiger partial charge in [-0.3, -0.25) is 0 Å². The number of esters is 1. The topological polar surface area (TPSA) is 54.0 Å². The number of carbonyl (C=O) groups is 1. The molecule has 26 heavy (non-hydrogen) atoms. The Morgan fingerprint density at radius 1 is 0.962 bits per heavy atom. The molecule has 2 aromatic carbocycles. The number of methoxy groups -OCH3 is 3. The first-order valence-electron chi connectivity index (χ1n) is 8.19. The maximum Gasteiger partial charge on any atom is 0.331 e. The lowest BCUT2D eigenvalue weighted by atomic mass is 10.1. The van der Waals surface area contributed by atoms with E-state index in [9.17, 15) is 4.79 Å². The predicted molar refractivity (Wildman–Crippen MR) is 101 cm³/mol. The molecule has 0 unspecified atom stereocenters. The van der Waals surface area contributed by atoms with E-state index in [4.69, 9.17) is 18.9 Å². The Kier molecular flexibility index (Phi) is 6.67. The number of aryl methyl sites for hydroxylation is 2. The quantitative estimate of drug-likeness (QED) is 0.552. The molecule has 0 bridgehead atoms. The number of hydrogen-bond acceptors (Lipinski definition) is 5. The minimum atomic E-state index is -0.417. The second-order valence-corrected chi connectivity index (χ2v) is 5.83. The van der Waals surface area contributed by atoms with Gasteiger partial charge in [0.15, 0.2) is 11.5 Å². The van der Waals surface area contributed by atoms with E-state index < -0.39 is 5.97 Å². The molecule has 2 rings (SSSR count). The highest BCUT2D eigenvalue weighted by Crippen LogP contribution is 2.38. The largest absolute Gasteiger partial charge is 0.493 e. The highest BCUT2D eigenvalue weighted by atomic mass is 16.5. The monoisotopic (exact) mass is 356 g/mol. The summed E-state index contributed by atoms with van der Waals surface area (Å²) in [5, 5.41) is 0. The highest BCUT2D eigenvalue weighted by molar-refractivity contribution is 5.87. The van der Waals surface area contributed by atoms with Crippen LogP contribution in [0.25, 0.3) is 6.08 Å². The van der Waals surface area contributed by atoms with Crippen LogP contribution in [0.3, 0.4) is 0 Å². The highest BCUT2D eigenvalue weighted by Gasteiger charge is 2.12. The summed E-state index contributed by atoms with van der Waals surface area (Å²) in [6.07, 6.45) is 3.03. The molecule has 0 radical (unpaired) electrons. The van der Waals surface area contributed by atoms with Crippen molar-refractivity contribution in [3.05, 3.63) is 58.7 Å². The number of ether oxygens (including phenoxy) is 4. The Bertz CT molecular complexity index is 783.